The molecule has 0 atom stereocenters. The van der Waals surface area contributed by atoms with Gasteiger partial charge in [-0.1, -0.05) is 0 Å². The Morgan fingerprint density at radius 3 is 2.76 bits per heavy atom. The van der Waals surface area contributed by atoms with Gasteiger partial charge in [0.05, 0.1) is 5.69 Å². The van der Waals surface area contributed by atoms with Crippen LogP contribution in [0.1, 0.15) is 40.0 Å². The van der Waals surface area contributed by atoms with Gasteiger partial charge in [0.25, 0.3) is 0 Å². The van der Waals surface area contributed by atoms with Crippen LogP contribution in [-0.4, -0.2) is 29.1 Å². The van der Waals surface area contributed by atoms with E-state index in [1.54, 1.807) is 12.1 Å². The highest BCUT2D eigenvalue weighted by atomic mass is 16.5. The second-order valence-corrected chi connectivity index (χ2v) is 6.32. The molecule has 1 amide bonds. The molecule has 1 saturated carbocycles. The SMILES string of the molecule is CC(C)(C)Oc1nc(NCCC(=O)NC2CC2)ccc1N. The van der Waals surface area contributed by atoms with E-state index in [4.69, 9.17) is 10.5 Å². The molecular weight excluding hydrogens is 268 g/mol. The number of nitrogens with one attached hydrogen (secondary N) is 2. The van der Waals surface area contributed by atoms with E-state index in [0.717, 1.165) is 12.8 Å². The summed E-state index contributed by atoms with van der Waals surface area (Å²) in [7, 11) is 0. The molecule has 0 saturated heterocycles. The summed E-state index contributed by atoms with van der Waals surface area (Å²) < 4.78 is 5.71. The maximum absolute atomic E-state index is 11.6. The largest absolute Gasteiger partial charge is 0.470 e. The number of nitrogens with zero attached hydrogens (tertiary/aromatic N) is 1. The van der Waals surface area contributed by atoms with E-state index < -0.39 is 0 Å². The molecule has 0 spiro atoms. The molecule has 0 unspecified atom stereocenters. The number of aromatic nitrogens is 1. The number of hydrogen-bond donors (Lipinski definition) is 3. The van der Waals surface area contributed by atoms with Crippen molar-refractivity contribution in [1.82, 2.24) is 10.3 Å². The maximum atomic E-state index is 11.6. The number of nitrogen functional groups attached to an aromatic ring is 1. The molecule has 1 aliphatic rings. The average molecular weight is 292 g/mol. The van der Waals surface area contributed by atoms with Crippen LogP contribution in [0.3, 0.4) is 0 Å². The number of anilines is 2. The zero-order chi connectivity index (χ0) is 15.5. The first-order valence-corrected chi connectivity index (χ1v) is 7.32. The molecule has 1 fully saturated rings. The molecule has 1 aromatic rings. The van der Waals surface area contributed by atoms with Crippen LogP contribution in [0.15, 0.2) is 12.1 Å². The van der Waals surface area contributed by atoms with Gasteiger partial charge in [-0.25, -0.2) is 0 Å². The fraction of sp³-hybridized carbons (Fsp3) is 0.600. The van der Waals surface area contributed by atoms with E-state index in [1.165, 1.54) is 0 Å². The molecule has 1 heterocycles. The van der Waals surface area contributed by atoms with Crippen molar-refractivity contribution < 1.29 is 9.53 Å². The Labute approximate surface area is 125 Å². The molecule has 2 rings (SSSR count). The molecule has 21 heavy (non-hydrogen) atoms. The van der Waals surface area contributed by atoms with E-state index in [2.05, 4.69) is 15.6 Å². The summed E-state index contributed by atoms with van der Waals surface area (Å²) >= 11 is 0. The van der Waals surface area contributed by atoms with E-state index in [9.17, 15) is 4.79 Å². The molecule has 0 aliphatic heterocycles. The molecule has 1 aliphatic carbocycles. The fourth-order valence-electron chi connectivity index (χ4n) is 1.75. The number of pyridine rings is 1. The summed E-state index contributed by atoms with van der Waals surface area (Å²) in [5.74, 6) is 1.14. The molecular formula is C15H24N4O2. The summed E-state index contributed by atoms with van der Waals surface area (Å²) in [6.07, 6.45) is 2.64. The fourth-order valence-corrected chi connectivity index (χ4v) is 1.75. The lowest BCUT2D eigenvalue weighted by molar-refractivity contribution is -0.120. The van der Waals surface area contributed by atoms with Gasteiger partial charge < -0.3 is 21.1 Å². The first kappa shape index (κ1) is 15.4. The average Bonchev–Trinajstić information content (AvgIpc) is 3.15. The second kappa shape index (κ2) is 6.20. The zero-order valence-electron chi connectivity index (χ0n) is 12.9. The number of rotatable bonds is 6. The first-order chi connectivity index (χ1) is 9.83. The lowest BCUT2D eigenvalue weighted by atomic mass is 10.2. The van der Waals surface area contributed by atoms with E-state index >= 15 is 0 Å². The third kappa shape index (κ3) is 5.49. The standard InChI is InChI=1S/C15H24N4O2/c1-15(2,3)21-14-11(16)6-7-12(19-14)17-9-8-13(20)18-10-4-5-10/h6-7,10H,4-5,8-9,16H2,1-3H3,(H,17,19)(H,18,20). The van der Waals surface area contributed by atoms with Gasteiger partial charge in [0.15, 0.2) is 0 Å². The number of hydrogen-bond acceptors (Lipinski definition) is 5. The first-order valence-electron chi connectivity index (χ1n) is 7.32. The molecule has 1 aromatic heterocycles. The summed E-state index contributed by atoms with van der Waals surface area (Å²) in [6, 6.07) is 3.93. The molecule has 0 radical (unpaired) electrons. The molecule has 4 N–H and O–H groups in total. The minimum absolute atomic E-state index is 0.0756. The van der Waals surface area contributed by atoms with Crippen molar-refractivity contribution in [3.05, 3.63) is 12.1 Å². The van der Waals surface area contributed by atoms with Gasteiger partial charge >= 0.3 is 0 Å². The highest BCUT2D eigenvalue weighted by molar-refractivity contribution is 5.77. The minimum Gasteiger partial charge on any atom is -0.470 e. The highest BCUT2D eigenvalue weighted by Crippen LogP contribution is 2.24. The third-order valence-electron chi connectivity index (χ3n) is 2.89. The van der Waals surface area contributed by atoms with Gasteiger partial charge in [-0.2, -0.15) is 4.98 Å². The van der Waals surface area contributed by atoms with Gasteiger partial charge in [0, 0.05) is 19.0 Å². The smallest absolute Gasteiger partial charge is 0.239 e. The van der Waals surface area contributed by atoms with Crippen LogP contribution in [-0.2, 0) is 4.79 Å². The number of nitrogens with two attached hydrogens (primary N) is 1. The Morgan fingerprint density at radius 1 is 1.43 bits per heavy atom. The Morgan fingerprint density at radius 2 is 2.14 bits per heavy atom. The van der Waals surface area contributed by atoms with Crippen molar-refractivity contribution in [2.45, 2.75) is 51.7 Å². The lowest BCUT2D eigenvalue weighted by Crippen LogP contribution is -2.27. The molecule has 6 nitrogen and oxygen atoms in total. The number of carbonyl (C=O) groups is 1. The van der Waals surface area contributed by atoms with Crippen LogP contribution >= 0.6 is 0 Å². The van der Waals surface area contributed by atoms with Gasteiger partial charge in [-0.3, -0.25) is 4.79 Å². The van der Waals surface area contributed by atoms with Crippen LogP contribution in [0.5, 0.6) is 5.88 Å². The quantitative estimate of drug-likeness (QED) is 0.745. The Balaban J connectivity index is 1.84. The summed E-state index contributed by atoms with van der Waals surface area (Å²) in [5.41, 5.74) is 6.00. The van der Waals surface area contributed by atoms with Crippen molar-refractivity contribution in [3.63, 3.8) is 0 Å². The summed E-state index contributed by atoms with van der Waals surface area (Å²) in [6.45, 7) is 6.35. The monoisotopic (exact) mass is 292 g/mol. The second-order valence-electron chi connectivity index (χ2n) is 6.32. The molecule has 0 aromatic carbocycles. The van der Waals surface area contributed by atoms with Crippen LogP contribution in [0.4, 0.5) is 11.5 Å². The Kier molecular flexibility index (Phi) is 4.55. The van der Waals surface area contributed by atoms with Crippen molar-refractivity contribution in [3.8, 4) is 5.88 Å². The minimum atomic E-state index is -0.357. The van der Waals surface area contributed by atoms with Crippen LogP contribution in [0.25, 0.3) is 0 Å². The predicted molar refractivity (Wildman–Crippen MR) is 83.3 cm³/mol. The van der Waals surface area contributed by atoms with Gasteiger partial charge in [0.2, 0.25) is 11.8 Å². The van der Waals surface area contributed by atoms with Crippen molar-refractivity contribution in [1.29, 1.82) is 0 Å². The van der Waals surface area contributed by atoms with Crippen molar-refractivity contribution in [2.24, 2.45) is 0 Å². The van der Waals surface area contributed by atoms with E-state index in [-0.39, 0.29) is 11.5 Å². The van der Waals surface area contributed by atoms with Crippen molar-refractivity contribution >= 4 is 17.4 Å². The normalized spacial score (nSPS) is 14.6. The number of carbonyl (C=O) groups excluding carboxylic acids is 1. The van der Waals surface area contributed by atoms with Crippen molar-refractivity contribution in [2.75, 3.05) is 17.6 Å². The Hall–Kier alpha value is -1.98. The van der Waals surface area contributed by atoms with Gasteiger partial charge in [-0.15, -0.1) is 0 Å². The number of ether oxygens (including phenoxy) is 1. The van der Waals surface area contributed by atoms with Crippen LogP contribution in [0, 0.1) is 0 Å². The summed E-state index contributed by atoms with van der Waals surface area (Å²) in [4.78, 5) is 15.9. The maximum Gasteiger partial charge on any atom is 0.239 e. The Bertz CT molecular complexity index is 507. The highest BCUT2D eigenvalue weighted by Gasteiger charge is 2.22. The summed E-state index contributed by atoms with van der Waals surface area (Å²) in [5, 5.41) is 6.06. The lowest BCUT2D eigenvalue weighted by Gasteiger charge is -2.21. The van der Waals surface area contributed by atoms with E-state index in [0.29, 0.717) is 36.4 Å². The molecule has 0 bridgehead atoms. The topological polar surface area (TPSA) is 89.3 Å². The van der Waals surface area contributed by atoms with Gasteiger partial charge in [-0.05, 0) is 45.7 Å². The van der Waals surface area contributed by atoms with E-state index in [1.807, 2.05) is 20.8 Å². The van der Waals surface area contributed by atoms with Crippen LogP contribution in [0.2, 0.25) is 0 Å². The number of amides is 1. The van der Waals surface area contributed by atoms with Gasteiger partial charge in [0.1, 0.15) is 11.4 Å². The molecule has 116 valence electrons. The molecule has 6 heteroatoms. The van der Waals surface area contributed by atoms with Crippen LogP contribution < -0.4 is 21.1 Å². The predicted octanol–water partition coefficient (Wildman–Crippen LogP) is 1.92. The zero-order valence-corrected chi connectivity index (χ0v) is 12.9. The third-order valence-corrected chi connectivity index (χ3v) is 2.89.